The summed E-state index contributed by atoms with van der Waals surface area (Å²) in [6, 6.07) is 11.3. The van der Waals surface area contributed by atoms with E-state index in [-0.39, 0.29) is 16.9 Å². The molecule has 2 aromatic carbocycles. The van der Waals surface area contributed by atoms with Crippen molar-refractivity contribution in [3.05, 3.63) is 62.7 Å². The third-order valence-electron chi connectivity index (χ3n) is 3.27. The Morgan fingerprint density at radius 3 is 2.62 bits per heavy atom. The van der Waals surface area contributed by atoms with Crippen molar-refractivity contribution < 1.29 is 19.1 Å². The molecule has 0 fully saturated rings. The van der Waals surface area contributed by atoms with Crippen molar-refractivity contribution in [1.29, 1.82) is 0 Å². The zero-order chi connectivity index (χ0) is 17.3. The summed E-state index contributed by atoms with van der Waals surface area (Å²) in [5.41, 5.74) is 0.199. The van der Waals surface area contributed by atoms with Gasteiger partial charge >= 0.3 is 5.97 Å². The van der Waals surface area contributed by atoms with Gasteiger partial charge in [-0.15, -0.1) is 0 Å². The van der Waals surface area contributed by atoms with Crippen LogP contribution in [-0.2, 0) is 4.79 Å². The van der Waals surface area contributed by atoms with E-state index in [0.717, 1.165) is 0 Å². The van der Waals surface area contributed by atoms with Crippen LogP contribution in [0.15, 0.2) is 51.7 Å². The van der Waals surface area contributed by atoms with E-state index in [0.29, 0.717) is 21.2 Å². The number of carbonyl (C=O) groups is 1. The number of hydrogen-bond donors (Lipinski definition) is 1. The van der Waals surface area contributed by atoms with Crippen LogP contribution in [0.2, 0.25) is 10.0 Å². The number of rotatable bonds is 4. The lowest BCUT2D eigenvalue weighted by atomic mass is 10.1. The number of aliphatic carboxylic acids is 1. The maximum Gasteiger partial charge on any atom is 0.341 e. The van der Waals surface area contributed by atoms with Crippen molar-refractivity contribution >= 4 is 40.1 Å². The summed E-state index contributed by atoms with van der Waals surface area (Å²) in [4.78, 5) is 23.5. The summed E-state index contributed by atoms with van der Waals surface area (Å²) >= 11 is 12.1. The summed E-state index contributed by atoms with van der Waals surface area (Å²) in [7, 11) is 0. The van der Waals surface area contributed by atoms with Crippen molar-refractivity contribution in [1.82, 2.24) is 0 Å². The Labute approximate surface area is 146 Å². The highest BCUT2D eigenvalue weighted by Crippen LogP contribution is 2.35. The van der Waals surface area contributed by atoms with Crippen LogP contribution in [0.1, 0.15) is 0 Å². The monoisotopic (exact) mass is 364 g/mol. The smallest absolute Gasteiger partial charge is 0.341 e. The molecule has 3 rings (SSSR count). The molecule has 1 aromatic heterocycles. The van der Waals surface area contributed by atoms with E-state index in [1.165, 1.54) is 6.07 Å². The van der Waals surface area contributed by atoms with Gasteiger partial charge in [-0.1, -0.05) is 35.3 Å². The van der Waals surface area contributed by atoms with Gasteiger partial charge in [0.2, 0.25) is 11.2 Å². The van der Waals surface area contributed by atoms with Crippen molar-refractivity contribution in [2.75, 3.05) is 6.61 Å². The molecule has 5 nitrogen and oxygen atoms in total. The lowest BCUT2D eigenvalue weighted by molar-refractivity contribution is -0.139. The van der Waals surface area contributed by atoms with Crippen molar-refractivity contribution in [3.63, 3.8) is 0 Å². The number of fused-ring (bicyclic) bond motifs is 1. The highest BCUT2D eigenvalue weighted by Gasteiger charge is 2.20. The molecule has 0 atom stereocenters. The van der Waals surface area contributed by atoms with Gasteiger partial charge in [0.25, 0.3) is 0 Å². The predicted molar refractivity (Wildman–Crippen MR) is 91.1 cm³/mol. The molecule has 0 spiro atoms. The SMILES string of the molecule is O=C(O)COc1c(-c2ccccc2Cl)oc2ccc(Cl)cc2c1=O. The van der Waals surface area contributed by atoms with E-state index in [1.807, 2.05) is 0 Å². The molecule has 0 radical (unpaired) electrons. The Bertz CT molecular complexity index is 994. The molecule has 122 valence electrons. The van der Waals surface area contributed by atoms with Crippen molar-refractivity contribution in [3.8, 4) is 17.1 Å². The summed E-state index contributed by atoms with van der Waals surface area (Å²) in [6.45, 7) is -0.686. The van der Waals surface area contributed by atoms with Gasteiger partial charge in [-0.05, 0) is 30.3 Å². The van der Waals surface area contributed by atoms with Gasteiger partial charge < -0.3 is 14.3 Å². The highest BCUT2D eigenvalue weighted by molar-refractivity contribution is 6.33. The average Bonchev–Trinajstić information content (AvgIpc) is 2.55. The fourth-order valence-electron chi connectivity index (χ4n) is 2.24. The molecular formula is C17H10Cl2O5. The molecule has 0 aliphatic carbocycles. The molecule has 0 aliphatic rings. The van der Waals surface area contributed by atoms with Crippen LogP contribution >= 0.6 is 23.2 Å². The predicted octanol–water partition coefficient (Wildman–Crippen LogP) is 4.23. The summed E-state index contributed by atoms with van der Waals surface area (Å²) in [6.07, 6.45) is 0. The van der Waals surface area contributed by atoms with Crippen LogP contribution in [0.4, 0.5) is 0 Å². The topological polar surface area (TPSA) is 76.7 Å². The van der Waals surface area contributed by atoms with Crippen molar-refractivity contribution in [2.24, 2.45) is 0 Å². The zero-order valence-corrected chi connectivity index (χ0v) is 13.6. The molecule has 3 aromatic rings. The average molecular weight is 365 g/mol. The Morgan fingerprint density at radius 1 is 1.17 bits per heavy atom. The zero-order valence-electron chi connectivity index (χ0n) is 12.1. The molecule has 7 heteroatoms. The minimum Gasteiger partial charge on any atom is -0.479 e. The second kappa shape index (κ2) is 6.55. The molecule has 0 unspecified atom stereocenters. The Balaban J connectivity index is 2.31. The minimum atomic E-state index is -1.22. The summed E-state index contributed by atoms with van der Waals surface area (Å²) in [5.74, 6) is -1.37. The quantitative estimate of drug-likeness (QED) is 0.749. The Morgan fingerprint density at radius 2 is 1.92 bits per heavy atom. The number of carboxylic acid groups (broad SMARTS) is 1. The van der Waals surface area contributed by atoms with E-state index in [9.17, 15) is 9.59 Å². The molecule has 0 aliphatic heterocycles. The maximum absolute atomic E-state index is 12.7. The van der Waals surface area contributed by atoms with E-state index in [2.05, 4.69) is 0 Å². The second-order valence-electron chi connectivity index (χ2n) is 4.89. The number of benzene rings is 2. The summed E-state index contributed by atoms with van der Waals surface area (Å²) in [5, 5.41) is 9.72. The lowest BCUT2D eigenvalue weighted by Gasteiger charge is -2.11. The van der Waals surface area contributed by atoms with Gasteiger partial charge in [0.05, 0.1) is 10.4 Å². The summed E-state index contributed by atoms with van der Waals surface area (Å²) < 4.78 is 10.9. The molecule has 0 saturated heterocycles. The molecule has 0 bridgehead atoms. The second-order valence-corrected chi connectivity index (χ2v) is 5.74. The van der Waals surface area contributed by atoms with Crippen LogP contribution in [0.5, 0.6) is 5.75 Å². The number of ether oxygens (including phenoxy) is 1. The number of halogens is 2. The van der Waals surface area contributed by atoms with Crippen LogP contribution in [0.25, 0.3) is 22.3 Å². The molecule has 0 saturated carbocycles. The fourth-order valence-corrected chi connectivity index (χ4v) is 2.63. The van der Waals surface area contributed by atoms with E-state index < -0.39 is 18.0 Å². The molecular weight excluding hydrogens is 355 g/mol. The maximum atomic E-state index is 12.7. The number of hydrogen-bond acceptors (Lipinski definition) is 4. The largest absolute Gasteiger partial charge is 0.479 e. The molecule has 0 amide bonds. The first-order valence-electron chi connectivity index (χ1n) is 6.83. The van der Waals surface area contributed by atoms with Gasteiger partial charge in [0.1, 0.15) is 5.58 Å². The van der Waals surface area contributed by atoms with Crippen LogP contribution in [0.3, 0.4) is 0 Å². The fraction of sp³-hybridized carbons (Fsp3) is 0.0588. The third-order valence-corrected chi connectivity index (χ3v) is 3.83. The Hall–Kier alpha value is -2.50. The third kappa shape index (κ3) is 3.09. The minimum absolute atomic E-state index is 0.0710. The first-order chi connectivity index (χ1) is 11.5. The molecule has 1 N–H and O–H groups in total. The highest BCUT2D eigenvalue weighted by atomic mass is 35.5. The normalized spacial score (nSPS) is 10.8. The van der Waals surface area contributed by atoms with Gasteiger partial charge in [0, 0.05) is 10.6 Å². The lowest BCUT2D eigenvalue weighted by Crippen LogP contribution is -2.16. The van der Waals surface area contributed by atoms with E-state index in [4.69, 9.17) is 37.5 Å². The van der Waals surface area contributed by atoms with Gasteiger partial charge in [0.15, 0.2) is 12.4 Å². The molecule has 1 heterocycles. The Kier molecular flexibility index (Phi) is 4.46. The van der Waals surface area contributed by atoms with Gasteiger partial charge in [-0.3, -0.25) is 4.79 Å². The van der Waals surface area contributed by atoms with Crippen LogP contribution < -0.4 is 10.2 Å². The van der Waals surface area contributed by atoms with Crippen LogP contribution in [0, 0.1) is 0 Å². The van der Waals surface area contributed by atoms with E-state index in [1.54, 1.807) is 36.4 Å². The molecule has 24 heavy (non-hydrogen) atoms. The number of carboxylic acids is 1. The van der Waals surface area contributed by atoms with E-state index >= 15 is 0 Å². The van der Waals surface area contributed by atoms with Crippen molar-refractivity contribution in [2.45, 2.75) is 0 Å². The standard InChI is InChI=1S/C17H10Cl2O5/c18-9-5-6-13-11(7-9)15(22)17(23-8-14(20)21)16(24-13)10-3-1-2-4-12(10)19/h1-7H,8H2,(H,20,21). The van der Waals surface area contributed by atoms with Crippen LogP contribution in [-0.4, -0.2) is 17.7 Å². The first-order valence-corrected chi connectivity index (χ1v) is 7.59. The van der Waals surface area contributed by atoms with Gasteiger partial charge in [-0.2, -0.15) is 0 Å². The van der Waals surface area contributed by atoms with Gasteiger partial charge in [-0.25, -0.2) is 4.79 Å². The first kappa shape index (κ1) is 16.4.